The molecule has 170 valence electrons. The van der Waals surface area contributed by atoms with Crippen molar-refractivity contribution in [3.8, 4) is 23.3 Å². The van der Waals surface area contributed by atoms with Gasteiger partial charge in [0.1, 0.15) is 35.6 Å². The fraction of sp³-hybridized carbons (Fsp3) is 0.429. The van der Waals surface area contributed by atoms with E-state index in [0.717, 1.165) is 0 Å². The third-order valence-electron chi connectivity index (χ3n) is 4.58. The van der Waals surface area contributed by atoms with E-state index in [-0.39, 0.29) is 35.8 Å². The van der Waals surface area contributed by atoms with Gasteiger partial charge in [0.15, 0.2) is 5.82 Å². The molecule has 1 saturated heterocycles. The van der Waals surface area contributed by atoms with E-state index in [4.69, 9.17) is 20.6 Å². The number of hydroxylamine groups is 1. The van der Waals surface area contributed by atoms with Gasteiger partial charge in [0.25, 0.3) is 5.91 Å². The number of nitrogen functional groups attached to an aromatic ring is 1. The number of carbonyl (C=O) groups is 1. The second kappa shape index (κ2) is 10.1. The van der Waals surface area contributed by atoms with Crippen LogP contribution in [0.15, 0.2) is 24.3 Å². The Kier molecular flexibility index (Phi) is 7.52. The molecule has 0 aliphatic carbocycles. The summed E-state index contributed by atoms with van der Waals surface area (Å²) >= 11 is -0.879. The number of amides is 1. The number of benzene rings is 1. The molecule has 0 radical (unpaired) electrons. The lowest BCUT2D eigenvalue weighted by Crippen LogP contribution is -2.35. The molecule has 11 heteroatoms. The third kappa shape index (κ3) is 6.30. The minimum Gasteiger partial charge on any atom is -0.616 e. The summed E-state index contributed by atoms with van der Waals surface area (Å²) in [4.78, 5) is 26.5. The Hall–Kier alpha value is -2.91. The fourth-order valence-corrected chi connectivity index (χ4v) is 4.25. The monoisotopic (exact) mass is 459 g/mol. The van der Waals surface area contributed by atoms with Crippen LogP contribution in [0.1, 0.15) is 42.6 Å². The fourth-order valence-electron chi connectivity index (χ4n) is 2.99. The number of hydrogen-bond donors (Lipinski definition) is 3. The molecule has 4 N–H and O–H groups in total. The first kappa shape index (κ1) is 23.7. The molecule has 0 saturated carbocycles. The maximum Gasteiger partial charge on any atom is 0.284 e. The summed E-state index contributed by atoms with van der Waals surface area (Å²) in [5, 5.41) is 18.9. The number of ether oxygens (including phenoxy) is 1. The van der Waals surface area contributed by atoms with Crippen LogP contribution in [0.2, 0.25) is 0 Å². The second-order valence-corrected chi connectivity index (χ2v) is 9.70. The Balaban J connectivity index is 1.93. The molecule has 1 aliphatic heterocycles. The molecule has 0 bridgehead atoms. The van der Waals surface area contributed by atoms with Crippen molar-refractivity contribution in [3.05, 3.63) is 35.4 Å². The average Bonchev–Trinajstić information content (AvgIpc) is 2.74. The van der Waals surface area contributed by atoms with Crippen molar-refractivity contribution in [1.29, 1.82) is 5.26 Å². The highest BCUT2D eigenvalue weighted by atomic mass is 32.2. The molecular formula is C21H25N5O5S. The highest BCUT2D eigenvalue weighted by molar-refractivity contribution is 7.91. The molecular weight excluding hydrogens is 434 g/mol. The van der Waals surface area contributed by atoms with Gasteiger partial charge in [0.2, 0.25) is 5.88 Å². The van der Waals surface area contributed by atoms with Gasteiger partial charge in [-0.15, -0.1) is 0 Å². The van der Waals surface area contributed by atoms with Crippen LogP contribution in [0.3, 0.4) is 0 Å². The summed E-state index contributed by atoms with van der Waals surface area (Å²) in [6, 6.07) is 8.71. The number of nitriles is 1. The normalized spacial score (nSPS) is 18.6. The highest BCUT2D eigenvalue weighted by Crippen LogP contribution is 2.29. The summed E-state index contributed by atoms with van der Waals surface area (Å²) < 4.78 is 17.7. The Morgan fingerprint density at radius 1 is 1.41 bits per heavy atom. The Morgan fingerprint density at radius 2 is 2.12 bits per heavy atom. The molecule has 1 amide bonds. The van der Waals surface area contributed by atoms with E-state index in [0.29, 0.717) is 35.5 Å². The molecule has 2 aromatic rings. The van der Waals surface area contributed by atoms with Crippen LogP contribution in [0.5, 0.6) is 5.88 Å². The molecule has 1 aromatic carbocycles. The molecule has 0 atom stereocenters. The summed E-state index contributed by atoms with van der Waals surface area (Å²) in [5.41, 5.74) is 8.04. The van der Waals surface area contributed by atoms with Gasteiger partial charge in [0, 0.05) is 18.4 Å². The van der Waals surface area contributed by atoms with Crippen LogP contribution in [0.4, 0.5) is 5.82 Å². The third-order valence-corrected chi connectivity index (χ3v) is 5.97. The summed E-state index contributed by atoms with van der Waals surface area (Å²) in [5.74, 6) is 0.311. The Bertz CT molecular complexity index is 1010. The highest BCUT2D eigenvalue weighted by Gasteiger charge is 2.28. The zero-order chi connectivity index (χ0) is 23.3. The van der Waals surface area contributed by atoms with Crippen molar-refractivity contribution in [2.75, 3.05) is 23.8 Å². The first-order chi connectivity index (χ1) is 15.2. The molecule has 1 fully saturated rings. The molecule has 3 rings (SSSR count). The van der Waals surface area contributed by atoms with Crippen molar-refractivity contribution in [3.63, 3.8) is 0 Å². The van der Waals surface area contributed by atoms with Crippen LogP contribution in [-0.2, 0) is 16.0 Å². The van der Waals surface area contributed by atoms with Crippen molar-refractivity contribution < 1.29 is 24.0 Å². The van der Waals surface area contributed by atoms with E-state index in [1.807, 2.05) is 0 Å². The van der Waals surface area contributed by atoms with Crippen LogP contribution in [0.25, 0.3) is 11.4 Å². The zero-order valence-corrected chi connectivity index (χ0v) is 18.6. The molecule has 1 aromatic heterocycles. The van der Waals surface area contributed by atoms with E-state index >= 15 is 0 Å². The van der Waals surface area contributed by atoms with Gasteiger partial charge in [0.05, 0.1) is 17.2 Å². The summed E-state index contributed by atoms with van der Waals surface area (Å²) in [6.07, 6.45) is 0.807. The van der Waals surface area contributed by atoms with E-state index < -0.39 is 22.7 Å². The molecule has 0 unspecified atom stereocenters. The largest absolute Gasteiger partial charge is 0.616 e. The number of aliphatic hydroxyl groups is 1. The second-order valence-electron chi connectivity index (χ2n) is 8.00. The number of nitrogens with zero attached hydrogens (tertiary/aromatic N) is 3. The summed E-state index contributed by atoms with van der Waals surface area (Å²) in [6.45, 7) is 2.91. The lowest BCUT2D eigenvalue weighted by molar-refractivity contribution is -0.0523. The van der Waals surface area contributed by atoms with E-state index in [2.05, 4.69) is 21.5 Å². The molecule has 0 spiro atoms. The molecule has 10 nitrogen and oxygen atoms in total. The minimum atomic E-state index is -1.15. The number of rotatable bonds is 7. The van der Waals surface area contributed by atoms with Crippen molar-refractivity contribution in [2.24, 2.45) is 0 Å². The van der Waals surface area contributed by atoms with E-state index in [9.17, 15) is 14.5 Å². The van der Waals surface area contributed by atoms with Gasteiger partial charge in [-0.3, -0.25) is 9.63 Å². The van der Waals surface area contributed by atoms with Gasteiger partial charge in [-0.2, -0.15) is 10.2 Å². The first-order valence-corrected chi connectivity index (χ1v) is 11.5. The van der Waals surface area contributed by atoms with Crippen LogP contribution in [0, 0.1) is 11.3 Å². The number of nitrogens with one attached hydrogen (secondary N) is 1. The average molecular weight is 460 g/mol. The lowest BCUT2D eigenvalue weighted by Gasteiger charge is -2.25. The van der Waals surface area contributed by atoms with Gasteiger partial charge < -0.3 is 20.1 Å². The van der Waals surface area contributed by atoms with E-state index in [1.165, 1.54) is 13.8 Å². The van der Waals surface area contributed by atoms with Gasteiger partial charge in [-0.1, -0.05) is 23.3 Å². The van der Waals surface area contributed by atoms with Crippen molar-refractivity contribution >= 4 is 22.9 Å². The van der Waals surface area contributed by atoms with Crippen LogP contribution >= 0.6 is 0 Å². The Morgan fingerprint density at radius 3 is 2.78 bits per heavy atom. The van der Waals surface area contributed by atoms with E-state index in [1.54, 1.807) is 24.3 Å². The van der Waals surface area contributed by atoms with Crippen LogP contribution < -0.4 is 16.0 Å². The van der Waals surface area contributed by atoms with Crippen molar-refractivity contribution in [2.45, 2.75) is 38.4 Å². The number of hydrogen-bond acceptors (Lipinski definition) is 9. The lowest BCUT2D eigenvalue weighted by atomic mass is 10.1. The van der Waals surface area contributed by atoms with Crippen molar-refractivity contribution in [1.82, 2.24) is 15.4 Å². The number of anilines is 1. The number of aromatic nitrogens is 2. The zero-order valence-electron chi connectivity index (χ0n) is 17.8. The van der Waals surface area contributed by atoms with Gasteiger partial charge >= 0.3 is 0 Å². The maximum atomic E-state index is 12.8. The van der Waals surface area contributed by atoms with Crippen LogP contribution in [-0.4, -0.2) is 55.4 Å². The van der Waals surface area contributed by atoms with Gasteiger partial charge in [-0.25, -0.2) is 10.5 Å². The topological polar surface area (TPSA) is 166 Å². The standard InChI is InChI=1S/C21H25N5O5S/c1-21(2,28)12-30-26-19(27)16-17(23)24-18(14-5-3-4-13(10-14)11-22)25-20(16)31-15-6-8-32(29)9-7-15/h3-5,10,15,28H,6-9,12H2,1-2H3,(H,26,27)(H2,23,24,25)/t15-,32-. The maximum absolute atomic E-state index is 12.8. The summed E-state index contributed by atoms with van der Waals surface area (Å²) in [7, 11) is 0. The number of carbonyl (C=O) groups excluding carboxylic acids is 1. The SMILES string of the molecule is CC(C)(O)CONC(=O)c1c(N)nc(-c2cccc(C#N)c2)nc1O[C@H]1CC[S@+]([O-])CC1. The predicted octanol–water partition coefficient (Wildman–Crippen LogP) is 1.32. The molecule has 2 heterocycles. The smallest absolute Gasteiger partial charge is 0.284 e. The number of nitrogens with two attached hydrogens (primary N) is 1. The molecule has 1 aliphatic rings. The first-order valence-electron chi connectivity index (χ1n) is 10.0. The quantitative estimate of drug-likeness (QED) is 0.408. The minimum absolute atomic E-state index is 0.0306. The predicted molar refractivity (Wildman–Crippen MR) is 118 cm³/mol. The molecule has 32 heavy (non-hydrogen) atoms. The Labute approximate surface area is 188 Å². The van der Waals surface area contributed by atoms with Gasteiger partial charge in [-0.05, 0) is 26.0 Å².